The van der Waals surface area contributed by atoms with Crippen LogP contribution in [0.15, 0.2) is 11.6 Å². The molecule has 0 saturated carbocycles. The van der Waals surface area contributed by atoms with E-state index in [0.717, 1.165) is 16.3 Å². The number of fused-ring (bicyclic) bond motifs is 1. The predicted octanol–water partition coefficient (Wildman–Crippen LogP) is 1.47. The first kappa shape index (κ1) is 14.5. The number of rotatable bonds is 5. The monoisotopic (exact) mass is 295 g/mol. The van der Waals surface area contributed by atoms with Gasteiger partial charge in [-0.15, -0.1) is 11.3 Å². The van der Waals surface area contributed by atoms with Crippen LogP contribution in [0.2, 0.25) is 0 Å². The summed E-state index contributed by atoms with van der Waals surface area (Å²) in [5.41, 5.74) is 1.71. The van der Waals surface area contributed by atoms with Crippen molar-refractivity contribution in [3.05, 3.63) is 23.0 Å². The fraction of sp³-hybridized carbons (Fsp3) is 0.462. The molecule has 0 bridgehead atoms. The lowest BCUT2D eigenvalue weighted by Gasteiger charge is -2.17. The van der Waals surface area contributed by atoms with Crippen LogP contribution in [0, 0.1) is 12.8 Å². The van der Waals surface area contributed by atoms with Crippen molar-refractivity contribution in [3.63, 3.8) is 0 Å². The number of hydrogen-bond acceptors (Lipinski definition) is 4. The molecule has 7 heteroatoms. The van der Waals surface area contributed by atoms with Gasteiger partial charge < -0.3 is 10.4 Å². The van der Waals surface area contributed by atoms with Gasteiger partial charge in [-0.25, -0.2) is 9.78 Å². The van der Waals surface area contributed by atoms with E-state index in [0.29, 0.717) is 0 Å². The van der Waals surface area contributed by atoms with Crippen molar-refractivity contribution in [1.29, 1.82) is 0 Å². The third kappa shape index (κ3) is 2.98. The molecule has 108 valence electrons. The molecule has 1 atom stereocenters. The zero-order valence-corrected chi connectivity index (χ0v) is 12.4. The summed E-state index contributed by atoms with van der Waals surface area (Å²) in [5.74, 6) is -1.46. The van der Waals surface area contributed by atoms with Crippen molar-refractivity contribution in [1.82, 2.24) is 14.7 Å². The largest absolute Gasteiger partial charge is 0.480 e. The first-order valence-corrected chi connectivity index (χ1v) is 7.20. The van der Waals surface area contributed by atoms with Crippen molar-refractivity contribution in [2.24, 2.45) is 5.92 Å². The third-order valence-corrected chi connectivity index (χ3v) is 3.88. The Balaban J connectivity index is 2.09. The summed E-state index contributed by atoms with van der Waals surface area (Å²) in [7, 11) is 0. The minimum atomic E-state index is -1.01. The standard InChI is InChI=1S/C13H17N3O3S/c1-7(2)11(12(18)19)15-10(17)4-9-6-20-13-14-8(3)5-16(9)13/h5-7,11H,4H2,1-3H3,(H,15,17)(H,18,19)/t11-/m0/s1. The maximum absolute atomic E-state index is 12.0. The van der Waals surface area contributed by atoms with Gasteiger partial charge in [-0.05, 0) is 12.8 Å². The highest BCUT2D eigenvalue weighted by atomic mass is 32.1. The van der Waals surface area contributed by atoms with Gasteiger partial charge in [0.05, 0.1) is 12.1 Å². The minimum Gasteiger partial charge on any atom is -0.480 e. The number of aromatic nitrogens is 2. The molecule has 0 aliphatic heterocycles. The Bertz CT molecular complexity index is 644. The Hall–Kier alpha value is -1.89. The predicted molar refractivity (Wildman–Crippen MR) is 75.9 cm³/mol. The Kier molecular flexibility index (Phi) is 4.08. The maximum Gasteiger partial charge on any atom is 0.326 e. The van der Waals surface area contributed by atoms with E-state index in [9.17, 15) is 9.59 Å². The molecule has 0 fully saturated rings. The number of carbonyl (C=O) groups is 2. The van der Waals surface area contributed by atoms with E-state index in [4.69, 9.17) is 5.11 Å². The second kappa shape index (κ2) is 5.62. The molecule has 2 aromatic heterocycles. The van der Waals surface area contributed by atoms with Gasteiger partial charge in [0, 0.05) is 17.3 Å². The van der Waals surface area contributed by atoms with E-state index in [1.165, 1.54) is 11.3 Å². The fourth-order valence-electron chi connectivity index (χ4n) is 1.97. The molecule has 2 rings (SSSR count). The van der Waals surface area contributed by atoms with E-state index >= 15 is 0 Å². The van der Waals surface area contributed by atoms with Gasteiger partial charge in [-0.2, -0.15) is 0 Å². The van der Waals surface area contributed by atoms with Crippen LogP contribution in [-0.4, -0.2) is 32.4 Å². The number of carboxylic acid groups (broad SMARTS) is 1. The van der Waals surface area contributed by atoms with E-state index in [1.54, 1.807) is 13.8 Å². The smallest absolute Gasteiger partial charge is 0.326 e. The molecular formula is C13H17N3O3S. The molecule has 0 spiro atoms. The van der Waals surface area contributed by atoms with Crippen LogP contribution >= 0.6 is 11.3 Å². The van der Waals surface area contributed by atoms with E-state index in [2.05, 4.69) is 10.3 Å². The quantitative estimate of drug-likeness (QED) is 0.875. The van der Waals surface area contributed by atoms with E-state index in [1.807, 2.05) is 22.9 Å². The average molecular weight is 295 g/mol. The molecule has 2 N–H and O–H groups in total. The first-order chi connectivity index (χ1) is 9.38. The highest BCUT2D eigenvalue weighted by Crippen LogP contribution is 2.17. The molecule has 2 heterocycles. The highest BCUT2D eigenvalue weighted by Gasteiger charge is 2.23. The summed E-state index contributed by atoms with van der Waals surface area (Å²) in [5, 5.41) is 13.5. The van der Waals surface area contributed by atoms with Crippen LogP contribution in [0.1, 0.15) is 25.2 Å². The molecule has 0 aromatic carbocycles. The summed E-state index contributed by atoms with van der Waals surface area (Å²) in [6, 6.07) is -0.860. The second-order valence-corrected chi connectivity index (χ2v) is 5.90. The van der Waals surface area contributed by atoms with Crippen molar-refractivity contribution in [3.8, 4) is 0 Å². The Labute approximate surface area is 120 Å². The van der Waals surface area contributed by atoms with Crippen molar-refractivity contribution < 1.29 is 14.7 Å². The van der Waals surface area contributed by atoms with Crippen molar-refractivity contribution >= 4 is 28.2 Å². The lowest BCUT2D eigenvalue weighted by atomic mass is 10.0. The molecule has 2 aromatic rings. The number of nitrogens with one attached hydrogen (secondary N) is 1. The van der Waals surface area contributed by atoms with Crippen LogP contribution in [-0.2, 0) is 16.0 Å². The van der Waals surface area contributed by atoms with Crippen molar-refractivity contribution in [2.45, 2.75) is 33.2 Å². The molecule has 0 aliphatic rings. The first-order valence-electron chi connectivity index (χ1n) is 6.32. The van der Waals surface area contributed by atoms with Crippen LogP contribution in [0.4, 0.5) is 0 Å². The Morgan fingerprint density at radius 1 is 1.50 bits per heavy atom. The lowest BCUT2D eigenvalue weighted by molar-refractivity contribution is -0.143. The number of nitrogens with zero attached hydrogens (tertiary/aromatic N) is 2. The minimum absolute atomic E-state index is 0.145. The SMILES string of the molecule is Cc1cn2c(CC(=O)N[C@H](C(=O)O)C(C)C)csc2n1. The van der Waals surface area contributed by atoms with Crippen LogP contribution in [0.25, 0.3) is 4.96 Å². The number of aliphatic carboxylic acids is 1. The van der Waals surface area contributed by atoms with Gasteiger partial charge in [-0.1, -0.05) is 13.8 Å². The summed E-state index contributed by atoms with van der Waals surface area (Å²) in [6.07, 6.45) is 2.01. The molecule has 6 nitrogen and oxygen atoms in total. The number of amides is 1. The number of carboxylic acids is 1. The number of imidazole rings is 1. The van der Waals surface area contributed by atoms with Gasteiger partial charge in [0.25, 0.3) is 0 Å². The number of aryl methyl sites for hydroxylation is 1. The highest BCUT2D eigenvalue weighted by molar-refractivity contribution is 7.15. The zero-order chi connectivity index (χ0) is 14.9. The summed E-state index contributed by atoms with van der Waals surface area (Å²) in [4.78, 5) is 28.2. The molecule has 20 heavy (non-hydrogen) atoms. The van der Waals surface area contributed by atoms with Crippen LogP contribution in [0.5, 0.6) is 0 Å². The summed E-state index contributed by atoms with van der Waals surface area (Å²) in [6.45, 7) is 5.42. The van der Waals surface area contributed by atoms with Crippen LogP contribution < -0.4 is 5.32 Å². The molecule has 0 saturated heterocycles. The van der Waals surface area contributed by atoms with Gasteiger partial charge >= 0.3 is 5.97 Å². The summed E-state index contributed by atoms with van der Waals surface area (Å²) < 4.78 is 1.87. The van der Waals surface area contributed by atoms with Gasteiger partial charge in [-0.3, -0.25) is 9.20 Å². The molecule has 0 aliphatic carbocycles. The zero-order valence-electron chi connectivity index (χ0n) is 11.6. The van der Waals surface area contributed by atoms with Crippen LogP contribution in [0.3, 0.4) is 0 Å². The lowest BCUT2D eigenvalue weighted by Crippen LogP contribution is -2.45. The second-order valence-electron chi connectivity index (χ2n) is 5.07. The van der Waals surface area contributed by atoms with Crippen molar-refractivity contribution in [2.75, 3.05) is 0 Å². The normalized spacial score (nSPS) is 12.8. The number of thiazole rings is 1. The average Bonchev–Trinajstić information content (AvgIpc) is 2.86. The molecule has 0 radical (unpaired) electrons. The molecule has 0 unspecified atom stereocenters. The maximum atomic E-state index is 12.0. The Morgan fingerprint density at radius 2 is 2.20 bits per heavy atom. The topological polar surface area (TPSA) is 83.7 Å². The van der Waals surface area contributed by atoms with Gasteiger partial charge in [0.15, 0.2) is 4.96 Å². The van der Waals surface area contributed by atoms with Gasteiger partial charge in [0.1, 0.15) is 6.04 Å². The number of hydrogen-bond donors (Lipinski definition) is 2. The van der Waals surface area contributed by atoms with E-state index < -0.39 is 12.0 Å². The number of carbonyl (C=O) groups excluding carboxylic acids is 1. The molecule has 1 amide bonds. The summed E-state index contributed by atoms with van der Waals surface area (Å²) >= 11 is 1.46. The third-order valence-electron chi connectivity index (χ3n) is 2.99. The fourth-order valence-corrected chi connectivity index (χ4v) is 2.89. The van der Waals surface area contributed by atoms with Gasteiger partial charge in [0.2, 0.25) is 5.91 Å². The molecular weight excluding hydrogens is 278 g/mol. The Morgan fingerprint density at radius 3 is 2.80 bits per heavy atom. The van der Waals surface area contributed by atoms with E-state index in [-0.39, 0.29) is 18.2 Å².